The summed E-state index contributed by atoms with van der Waals surface area (Å²) < 4.78 is 0. The maximum Gasteiger partial charge on any atom is 0.0502 e. The molecule has 1 N–H and O–H groups in total. The van der Waals surface area contributed by atoms with Crippen molar-refractivity contribution >= 4 is 57.7 Å². The molecule has 0 unspecified atom stereocenters. The molecule has 1 aliphatic heterocycles. The van der Waals surface area contributed by atoms with Crippen molar-refractivity contribution < 1.29 is 0 Å². The van der Waals surface area contributed by atoms with Crippen molar-refractivity contribution in [2.24, 2.45) is 0 Å². The van der Waals surface area contributed by atoms with E-state index in [4.69, 9.17) is 0 Å². The topological polar surface area (TPSA) is 19.0 Å². The van der Waals surface area contributed by atoms with E-state index in [1.807, 2.05) is 0 Å². The van der Waals surface area contributed by atoms with Gasteiger partial charge < -0.3 is 9.88 Å². The van der Waals surface area contributed by atoms with Gasteiger partial charge in [0.05, 0.1) is 11.4 Å². The van der Waals surface area contributed by atoms with Crippen LogP contribution in [0.4, 0.5) is 17.1 Å². The quantitative estimate of drug-likeness (QED) is 0.308. The zero-order valence-corrected chi connectivity index (χ0v) is 17.6. The van der Waals surface area contributed by atoms with Crippen molar-refractivity contribution in [3.8, 4) is 0 Å². The third-order valence-corrected chi connectivity index (χ3v) is 6.38. The minimum absolute atomic E-state index is 0. The Bertz CT molecular complexity index is 1350. The molecule has 1 aliphatic rings. The van der Waals surface area contributed by atoms with Crippen LogP contribution in [0.3, 0.4) is 0 Å². The summed E-state index contributed by atoms with van der Waals surface area (Å²) in [7, 11) is 0. The number of aromatic amines is 1. The van der Waals surface area contributed by atoms with Crippen LogP contribution in [-0.2, 0) is 5.41 Å². The van der Waals surface area contributed by atoms with Crippen LogP contribution in [0.2, 0.25) is 0 Å². The summed E-state index contributed by atoms with van der Waals surface area (Å²) in [6.45, 7) is 4.65. The molecular weight excluding hydrogens is 359 g/mol. The summed E-state index contributed by atoms with van der Waals surface area (Å²) >= 11 is 0. The predicted molar refractivity (Wildman–Crippen MR) is 128 cm³/mol. The Morgan fingerprint density at radius 2 is 1.20 bits per heavy atom. The van der Waals surface area contributed by atoms with Crippen LogP contribution in [0, 0.1) is 0 Å². The molecule has 1 aromatic heterocycles. The van der Waals surface area contributed by atoms with Crippen molar-refractivity contribution in [3.05, 3.63) is 102 Å². The van der Waals surface area contributed by atoms with Crippen molar-refractivity contribution in [2.75, 3.05) is 4.90 Å². The summed E-state index contributed by atoms with van der Waals surface area (Å²) in [4.78, 5) is 5.95. The SMILES string of the molecule is CC1(C)c2ccccc2N(c2ccc3[nH]c4ccccc4c3c2)c2ccccc21.[Li]. The summed E-state index contributed by atoms with van der Waals surface area (Å²) in [6.07, 6.45) is 0. The monoisotopic (exact) mass is 381 g/mol. The van der Waals surface area contributed by atoms with Crippen molar-refractivity contribution in [2.45, 2.75) is 19.3 Å². The van der Waals surface area contributed by atoms with E-state index in [9.17, 15) is 0 Å². The number of aromatic nitrogens is 1. The third-order valence-electron chi connectivity index (χ3n) is 6.38. The van der Waals surface area contributed by atoms with E-state index in [0.717, 1.165) is 0 Å². The Morgan fingerprint density at radius 3 is 1.90 bits per heavy atom. The maximum absolute atomic E-state index is 3.54. The zero-order valence-electron chi connectivity index (χ0n) is 17.6. The molecule has 30 heavy (non-hydrogen) atoms. The first-order valence-electron chi connectivity index (χ1n) is 10.1. The van der Waals surface area contributed by atoms with Crippen molar-refractivity contribution in [1.29, 1.82) is 0 Å². The maximum atomic E-state index is 3.54. The second kappa shape index (κ2) is 6.81. The first-order chi connectivity index (χ1) is 14.1. The summed E-state index contributed by atoms with van der Waals surface area (Å²) in [6, 6.07) is 32.9. The molecule has 2 nitrogen and oxygen atoms in total. The molecular formula is C27H22LiN2. The summed E-state index contributed by atoms with van der Waals surface area (Å²) in [5.74, 6) is 0. The molecule has 0 aliphatic carbocycles. The van der Waals surface area contributed by atoms with Gasteiger partial charge in [-0.2, -0.15) is 0 Å². The second-order valence-electron chi connectivity index (χ2n) is 8.40. The smallest absolute Gasteiger partial charge is 0.0502 e. The van der Waals surface area contributed by atoms with E-state index in [2.05, 4.69) is 115 Å². The number of hydrogen-bond donors (Lipinski definition) is 1. The Kier molecular flexibility index (Phi) is 4.33. The molecule has 1 radical (unpaired) electrons. The fourth-order valence-electron chi connectivity index (χ4n) is 4.92. The fraction of sp³-hybridized carbons (Fsp3) is 0.111. The average Bonchev–Trinajstić information content (AvgIpc) is 3.12. The van der Waals surface area contributed by atoms with E-state index in [1.165, 1.54) is 50.0 Å². The van der Waals surface area contributed by atoms with Crippen LogP contribution in [0.15, 0.2) is 91.0 Å². The molecule has 5 aromatic rings. The molecule has 3 heteroatoms. The average molecular weight is 381 g/mol. The predicted octanol–water partition coefficient (Wildman–Crippen LogP) is 7.05. The normalized spacial score (nSPS) is 14.3. The van der Waals surface area contributed by atoms with Gasteiger partial charge in [-0.1, -0.05) is 68.4 Å². The van der Waals surface area contributed by atoms with E-state index in [0.29, 0.717) is 0 Å². The molecule has 0 spiro atoms. The minimum atomic E-state index is -0.0332. The number of hydrogen-bond acceptors (Lipinski definition) is 1. The summed E-state index contributed by atoms with van der Waals surface area (Å²) in [5.41, 5.74) is 8.75. The van der Waals surface area contributed by atoms with E-state index in [1.54, 1.807) is 0 Å². The van der Waals surface area contributed by atoms with E-state index in [-0.39, 0.29) is 24.3 Å². The van der Waals surface area contributed by atoms with Crippen LogP contribution < -0.4 is 4.90 Å². The summed E-state index contributed by atoms with van der Waals surface area (Å²) in [5, 5.41) is 2.53. The number of rotatable bonds is 1. The molecule has 4 aromatic carbocycles. The van der Waals surface area contributed by atoms with Gasteiger partial charge in [-0.15, -0.1) is 0 Å². The van der Waals surface area contributed by atoms with Gasteiger partial charge in [-0.05, 0) is 47.5 Å². The van der Waals surface area contributed by atoms with Crippen LogP contribution in [0.25, 0.3) is 21.8 Å². The van der Waals surface area contributed by atoms with Gasteiger partial charge in [0.15, 0.2) is 0 Å². The molecule has 0 atom stereocenters. The van der Waals surface area contributed by atoms with Gasteiger partial charge in [0.1, 0.15) is 0 Å². The minimum Gasteiger partial charge on any atom is -0.355 e. The largest absolute Gasteiger partial charge is 0.355 e. The van der Waals surface area contributed by atoms with Crippen LogP contribution in [0.1, 0.15) is 25.0 Å². The Hall–Kier alpha value is -2.92. The molecule has 6 rings (SSSR count). The molecule has 141 valence electrons. The van der Waals surface area contributed by atoms with Gasteiger partial charge in [0.25, 0.3) is 0 Å². The molecule has 0 fully saturated rings. The van der Waals surface area contributed by atoms with E-state index >= 15 is 0 Å². The number of H-pyrrole nitrogens is 1. The number of fused-ring (bicyclic) bond motifs is 5. The third kappa shape index (κ3) is 2.58. The first kappa shape index (κ1) is 19.1. The Morgan fingerprint density at radius 1 is 0.633 bits per heavy atom. The number of anilines is 3. The van der Waals surface area contributed by atoms with Gasteiger partial charge in [-0.25, -0.2) is 0 Å². The van der Waals surface area contributed by atoms with Crippen molar-refractivity contribution in [3.63, 3.8) is 0 Å². The van der Waals surface area contributed by atoms with Crippen molar-refractivity contribution in [1.82, 2.24) is 4.98 Å². The fourth-order valence-corrected chi connectivity index (χ4v) is 4.92. The molecule has 2 heterocycles. The van der Waals surface area contributed by atoms with Crippen LogP contribution in [0.5, 0.6) is 0 Å². The van der Waals surface area contributed by atoms with Gasteiger partial charge in [-0.3, -0.25) is 0 Å². The van der Waals surface area contributed by atoms with Gasteiger partial charge >= 0.3 is 0 Å². The van der Waals surface area contributed by atoms with Crippen LogP contribution in [-0.4, -0.2) is 23.8 Å². The first-order valence-corrected chi connectivity index (χ1v) is 10.1. The number of para-hydroxylation sites is 3. The standard InChI is InChI=1S/C27H22N2.Li/c1-27(2)21-10-4-7-13-25(21)29(26-14-8-5-11-22(26)27)18-15-16-24-20(17-18)19-9-3-6-12-23(19)28-24;/h3-17,28H,1-2H3;. The Balaban J connectivity index is 0.00000193. The number of nitrogens with one attached hydrogen (secondary N) is 1. The molecule has 0 amide bonds. The molecule has 0 saturated carbocycles. The second-order valence-corrected chi connectivity index (χ2v) is 8.40. The zero-order chi connectivity index (χ0) is 19.6. The van der Waals surface area contributed by atoms with Gasteiger partial charge in [0.2, 0.25) is 0 Å². The van der Waals surface area contributed by atoms with Gasteiger partial charge in [0, 0.05) is 51.8 Å². The molecule has 0 saturated heterocycles. The number of benzene rings is 4. The van der Waals surface area contributed by atoms with Crippen LogP contribution >= 0.6 is 0 Å². The number of nitrogens with zero attached hydrogens (tertiary/aromatic N) is 1. The van der Waals surface area contributed by atoms with E-state index < -0.39 is 0 Å². The molecule has 0 bridgehead atoms. The Labute approximate surface area is 188 Å².